The van der Waals surface area contributed by atoms with Gasteiger partial charge in [-0.15, -0.1) is 0 Å². The molecule has 1 heterocycles. The van der Waals surface area contributed by atoms with E-state index in [1.807, 2.05) is 0 Å². The Morgan fingerprint density at radius 1 is 1.64 bits per heavy atom. The van der Waals surface area contributed by atoms with Gasteiger partial charge in [0, 0.05) is 6.20 Å². The SMILES string of the molecule is O=C(Cl)C1(Cl)C=CC(Cl)=CN1. The van der Waals surface area contributed by atoms with Gasteiger partial charge in [-0.25, -0.2) is 0 Å². The van der Waals surface area contributed by atoms with E-state index in [-0.39, 0.29) is 0 Å². The van der Waals surface area contributed by atoms with Crippen molar-refractivity contribution in [2.75, 3.05) is 0 Å². The lowest BCUT2D eigenvalue weighted by Gasteiger charge is -2.21. The van der Waals surface area contributed by atoms with Gasteiger partial charge in [-0.05, 0) is 23.8 Å². The van der Waals surface area contributed by atoms with Gasteiger partial charge < -0.3 is 5.32 Å². The lowest BCUT2D eigenvalue weighted by Crippen LogP contribution is -2.41. The topological polar surface area (TPSA) is 29.1 Å². The van der Waals surface area contributed by atoms with Crippen molar-refractivity contribution in [2.45, 2.75) is 5.00 Å². The average molecular weight is 212 g/mol. The summed E-state index contributed by atoms with van der Waals surface area (Å²) in [6.07, 6.45) is 4.31. The van der Waals surface area contributed by atoms with Crippen LogP contribution in [0.5, 0.6) is 0 Å². The zero-order valence-corrected chi connectivity index (χ0v) is 7.54. The predicted molar refractivity (Wildman–Crippen MR) is 45.7 cm³/mol. The maximum atomic E-state index is 10.7. The highest BCUT2D eigenvalue weighted by Crippen LogP contribution is 2.22. The number of rotatable bonds is 1. The van der Waals surface area contributed by atoms with Crippen LogP contribution in [0.3, 0.4) is 0 Å². The van der Waals surface area contributed by atoms with Crippen LogP contribution >= 0.6 is 34.8 Å². The number of halogens is 3. The van der Waals surface area contributed by atoms with Crippen molar-refractivity contribution in [1.29, 1.82) is 0 Å². The molecule has 1 atom stereocenters. The highest BCUT2D eigenvalue weighted by Gasteiger charge is 2.32. The van der Waals surface area contributed by atoms with Gasteiger partial charge in [-0.1, -0.05) is 23.2 Å². The molecular formula is C6H4Cl3NO. The van der Waals surface area contributed by atoms with E-state index in [4.69, 9.17) is 34.8 Å². The molecule has 60 valence electrons. The zero-order chi connectivity index (χ0) is 8.48. The van der Waals surface area contributed by atoms with E-state index in [1.54, 1.807) is 0 Å². The Morgan fingerprint density at radius 3 is 2.64 bits per heavy atom. The van der Waals surface area contributed by atoms with E-state index in [0.29, 0.717) is 5.03 Å². The minimum Gasteiger partial charge on any atom is -0.361 e. The molecule has 5 heteroatoms. The molecule has 0 amide bonds. The average Bonchev–Trinajstić information content (AvgIpc) is 1.95. The van der Waals surface area contributed by atoms with Gasteiger partial charge in [0.2, 0.25) is 5.00 Å². The minimum atomic E-state index is -1.33. The number of hydrogen-bond donors (Lipinski definition) is 1. The maximum Gasteiger partial charge on any atom is 0.266 e. The third-order valence-corrected chi connectivity index (χ3v) is 2.22. The van der Waals surface area contributed by atoms with Crippen molar-refractivity contribution in [2.24, 2.45) is 0 Å². The quantitative estimate of drug-likeness (QED) is 0.409. The van der Waals surface area contributed by atoms with Crippen molar-refractivity contribution >= 4 is 40.0 Å². The van der Waals surface area contributed by atoms with Crippen LogP contribution in [0.2, 0.25) is 0 Å². The molecular weight excluding hydrogens is 208 g/mol. The number of carbonyl (C=O) groups is 1. The lowest BCUT2D eigenvalue weighted by atomic mass is 10.2. The van der Waals surface area contributed by atoms with E-state index in [2.05, 4.69) is 5.32 Å². The molecule has 0 aliphatic carbocycles. The van der Waals surface area contributed by atoms with E-state index in [1.165, 1.54) is 18.4 Å². The van der Waals surface area contributed by atoms with E-state index < -0.39 is 10.2 Å². The van der Waals surface area contributed by atoms with Gasteiger partial charge in [-0.3, -0.25) is 4.79 Å². The van der Waals surface area contributed by atoms with E-state index >= 15 is 0 Å². The molecule has 0 bridgehead atoms. The summed E-state index contributed by atoms with van der Waals surface area (Å²) in [5.74, 6) is 0. The van der Waals surface area contributed by atoms with Crippen LogP contribution < -0.4 is 5.32 Å². The third kappa shape index (κ3) is 1.89. The molecule has 2 nitrogen and oxygen atoms in total. The standard InChI is InChI=1S/C6H4Cl3NO/c7-4-1-2-6(9,5(8)11)10-3-4/h1-3,10H. The molecule has 1 rings (SSSR count). The fourth-order valence-electron chi connectivity index (χ4n) is 0.587. The first-order chi connectivity index (χ1) is 5.04. The summed E-state index contributed by atoms with van der Waals surface area (Å²) in [6.45, 7) is 0. The van der Waals surface area contributed by atoms with Gasteiger partial charge in [-0.2, -0.15) is 0 Å². The van der Waals surface area contributed by atoms with Gasteiger partial charge in [0.15, 0.2) is 0 Å². The summed E-state index contributed by atoms with van der Waals surface area (Å²) in [5.41, 5.74) is 0. The molecule has 0 saturated heterocycles. The third-order valence-electron chi connectivity index (χ3n) is 1.18. The van der Waals surface area contributed by atoms with Crippen LogP contribution in [-0.2, 0) is 4.79 Å². The van der Waals surface area contributed by atoms with Gasteiger partial charge in [0.1, 0.15) is 0 Å². The zero-order valence-electron chi connectivity index (χ0n) is 5.27. The molecule has 0 aromatic rings. The Balaban J connectivity index is 2.82. The second kappa shape index (κ2) is 3.05. The number of alkyl halides is 1. The van der Waals surface area contributed by atoms with Crippen molar-refractivity contribution in [3.63, 3.8) is 0 Å². The lowest BCUT2D eigenvalue weighted by molar-refractivity contribution is -0.113. The molecule has 1 aliphatic rings. The largest absolute Gasteiger partial charge is 0.361 e. The fourth-order valence-corrected chi connectivity index (χ4v) is 0.940. The summed E-state index contributed by atoms with van der Waals surface area (Å²) in [4.78, 5) is 9.34. The van der Waals surface area contributed by atoms with Crippen LogP contribution in [0.1, 0.15) is 0 Å². The molecule has 0 aromatic heterocycles. The van der Waals surface area contributed by atoms with Crippen molar-refractivity contribution in [1.82, 2.24) is 5.32 Å². The molecule has 0 radical (unpaired) electrons. The number of allylic oxidation sites excluding steroid dienone is 2. The predicted octanol–water partition coefficient (Wildman–Crippen LogP) is 1.93. The monoisotopic (exact) mass is 211 g/mol. The molecule has 1 unspecified atom stereocenters. The van der Waals surface area contributed by atoms with Crippen LogP contribution in [0.15, 0.2) is 23.4 Å². The van der Waals surface area contributed by atoms with Crippen molar-refractivity contribution in [3.05, 3.63) is 23.4 Å². The summed E-state index contributed by atoms with van der Waals surface area (Å²) >= 11 is 16.4. The first kappa shape index (κ1) is 8.91. The highest BCUT2D eigenvalue weighted by molar-refractivity contribution is 6.71. The van der Waals surface area contributed by atoms with Crippen molar-refractivity contribution in [3.8, 4) is 0 Å². The molecule has 0 saturated carbocycles. The van der Waals surface area contributed by atoms with Crippen LogP contribution in [0.25, 0.3) is 0 Å². The van der Waals surface area contributed by atoms with Gasteiger partial charge in [0.25, 0.3) is 5.24 Å². The van der Waals surface area contributed by atoms with Gasteiger partial charge in [0.05, 0.1) is 5.03 Å². The summed E-state index contributed by atoms with van der Waals surface area (Å²) < 4.78 is 0. The molecule has 0 aromatic carbocycles. The molecule has 11 heavy (non-hydrogen) atoms. The Morgan fingerprint density at radius 2 is 2.27 bits per heavy atom. The smallest absolute Gasteiger partial charge is 0.266 e. The Kier molecular flexibility index (Phi) is 2.47. The Hall–Kier alpha value is -0.180. The van der Waals surface area contributed by atoms with Crippen LogP contribution in [0, 0.1) is 0 Å². The Bertz CT molecular complexity index is 248. The number of hydrogen-bond acceptors (Lipinski definition) is 2. The summed E-state index contributed by atoms with van der Waals surface area (Å²) in [7, 11) is 0. The number of dihydropyridines is 1. The van der Waals surface area contributed by atoms with Gasteiger partial charge >= 0.3 is 0 Å². The molecule has 1 N–H and O–H groups in total. The van der Waals surface area contributed by atoms with E-state index in [0.717, 1.165) is 0 Å². The first-order valence-corrected chi connectivity index (χ1v) is 3.89. The highest BCUT2D eigenvalue weighted by atomic mass is 35.5. The summed E-state index contributed by atoms with van der Waals surface area (Å²) in [6, 6.07) is 0. The molecule has 1 aliphatic heterocycles. The Labute approximate surface area is 78.8 Å². The van der Waals surface area contributed by atoms with Crippen LogP contribution in [0.4, 0.5) is 0 Å². The summed E-state index contributed by atoms with van der Waals surface area (Å²) in [5, 5.41) is 2.33. The maximum absolute atomic E-state index is 10.7. The van der Waals surface area contributed by atoms with Crippen molar-refractivity contribution < 1.29 is 4.79 Å². The van der Waals surface area contributed by atoms with E-state index in [9.17, 15) is 4.79 Å². The minimum absolute atomic E-state index is 0.471. The fraction of sp³-hybridized carbons (Fsp3) is 0.167. The normalized spacial score (nSPS) is 29.2. The number of carbonyl (C=O) groups excluding carboxylic acids is 1. The van der Waals surface area contributed by atoms with Crippen LogP contribution in [-0.4, -0.2) is 10.2 Å². The number of nitrogens with one attached hydrogen (secondary N) is 1. The second-order valence-corrected chi connectivity index (χ2v) is 3.37. The first-order valence-electron chi connectivity index (χ1n) is 2.76. The molecule has 0 spiro atoms. The molecule has 0 fully saturated rings. The second-order valence-electron chi connectivity index (χ2n) is 1.99.